The van der Waals surface area contributed by atoms with Gasteiger partial charge in [0, 0.05) is 5.56 Å². The van der Waals surface area contributed by atoms with E-state index in [0.29, 0.717) is 11.8 Å². The van der Waals surface area contributed by atoms with Crippen molar-refractivity contribution in [2.75, 3.05) is 0 Å². The summed E-state index contributed by atoms with van der Waals surface area (Å²) in [5.41, 5.74) is 2.88. The first-order valence-electron chi connectivity index (χ1n) is 6.97. The predicted octanol–water partition coefficient (Wildman–Crippen LogP) is 4.67. The van der Waals surface area contributed by atoms with Gasteiger partial charge in [-0.2, -0.15) is 0 Å². The van der Waals surface area contributed by atoms with E-state index in [9.17, 15) is 9.90 Å². The number of benzene rings is 2. The van der Waals surface area contributed by atoms with Crippen LogP contribution < -0.4 is 0 Å². The maximum atomic E-state index is 11.1. The molecule has 0 aliphatic heterocycles. The molecule has 0 aromatic heterocycles. The first-order valence-corrected chi connectivity index (χ1v) is 6.97. The average molecular weight is 280 g/mol. The third kappa shape index (κ3) is 3.60. The fourth-order valence-electron chi connectivity index (χ4n) is 2.19. The highest BCUT2D eigenvalue weighted by Gasteiger charge is 2.20. The molecule has 1 N–H and O–H groups in total. The normalized spacial score (nSPS) is 11.8. The molecule has 0 amide bonds. The minimum atomic E-state index is -0.224. The lowest BCUT2D eigenvalue weighted by Crippen LogP contribution is -2.12. The standard InChI is InChI=1S/C19H20O2/c1-19(2,3)17-12-15(11-16(13-20)18(17)21)10-9-14-7-5-4-6-8-14/h4-13,21H,1-3H3/b10-9+. The van der Waals surface area contributed by atoms with Gasteiger partial charge in [0.05, 0.1) is 5.56 Å². The molecule has 0 fully saturated rings. The molecule has 2 nitrogen and oxygen atoms in total. The Kier molecular flexibility index (Phi) is 4.27. The summed E-state index contributed by atoms with van der Waals surface area (Å²) in [7, 11) is 0. The van der Waals surface area contributed by atoms with Crippen molar-refractivity contribution in [3.63, 3.8) is 0 Å². The number of hydrogen-bond acceptors (Lipinski definition) is 2. The molecule has 0 heterocycles. The van der Waals surface area contributed by atoms with Gasteiger partial charge in [-0.15, -0.1) is 0 Å². The summed E-state index contributed by atoms with van der Waals surface area (Å²) in [5.74, 6) is 0.0781. The lowest BCUT2D eigenvalue weighted by Gasteiger charge is -2.21. The van der Waals surface area contributed by atoms with E-state index in [1.54, 1.807) is 6.07 Å². The van der Waals surface area contributed by atoms with Crippen LogP contribution in [0.1, 0.15) is 47.8 Å². The summed E-state index contributed by atoms with van der Waals surface area (Å²) in [6, 6.07) is 13.6. The Morgan fingerprint density at radius 3 is 2.14 bits per heavy atom. The molecule has 0 radical (unpaired) electrons. The van der Waals surface area contributed by atoms with Crippen LogP contribution in [0.15, 0.2) is 42.5 Å². The Labute approximate surface area is 125 Å². The molecule has 2 rings (SSSR count). The molecule has 2 aromatic carbocycles. The van der Waals surface area contributed by atoms with Crippen LogP contribution in [0.3, 0.4) is 0 Å². The monoisotopic (exact) mass is 280 g/mol. The van der Waals surface area contributed by atoms with E-state index in [1.165, 1.54) is 0 Å². The maximum absolute atomic E-state index is 11.1. The Balaban J connectivity index is 2.45. The molecule has 2 aromatic rings. The first-order chi connectivity index (χ1) is 9.91. The molecule has 0 saturated carbocycles. The molecule has 0 saturated heterocycles. The van der Waals surface area contributed by atoms with Crippen molar-refractivity contribution in [1.82, 2.24) is 0 Å². The number of phenolic OH excluding ortho intramolecular Hbond substituents is 1. The number of aldehydes is 1. The topological polar surface area (TPSA) is 37.3 Å². The summed E-state index contributed by atoms with van der Waals surface area (Å²) >= 11 is 0. The van der Waals surface area contributed by atoms with Crippen molar-refractivity contribution >= 4 is 18.4 Å². The molecule has 2 heteroatoms. The lowest BCUT2D eigenvalue weighted by atomic mass is 9.84. The Bertz CT molecular complexity index is 662. The van der Waals surface area contributed by atoms with E-state index in [-0.39, 0.29) is 11.2 Å². The van der Waals surface area contributed by atoms with E-state index in [4.69, 9.17) is 0 Å². The minimum absolute atomic E-state index is 0.0781. The lowest BCUT2D eigenvalue weighted by molar-refractivity contribution is 0.112. The first kappa shape index (κ1) is 15.0. The summed E-state index contributed by atoms with van der Waals surface area (Å²) in [5, 5.41) is 10.2. The SMILES string of the molecule is CC(C)(C)c1cc(/C=C/c2ccccc2)cc(C=O)c1O. The van der Waals surface area contributed by atoms with Crippen LogP contribution in [0.25, 0.3) is 12.2 Å². The van der Waals surface area contributed by atoms with Gasteiger partial charge in [-0.05, 0) is 28.7 Å². The number of hydrogen-bond donors (Lipinski definition) is 1. The molecule has 108 valence electrons. The van der Waals surface area contributed by atoms with Crippen LogP contribution in [-0.4, -0.2) is 11.4 Å². The van der Waals surface area contributed by atoms with Gasteiger partial charge in [0.2, 0.25) is 0 Å². The summed E-state index contributed by atoms with van der Waals surface area (Å²) in [6.45, 7) is 6.05. The molecule has 0 aliphatic rings. The molecule has 0 spiro atoms. The molecule has 0 aliphatic carbocycles. The van der Waals surface area contributed by atoms with Crippen LogP contribution in [-0.2, 0) is 5.41 Å². The van der Waals surface area contributed by atoms with Crippen molar-refractivity contribution < 1.29 is 9.90 Å². The van der Waals surface area contributed by atoms with E-state index >= 15 is 0 Å². The zero-order valence-electron chi connectivity index (χ0n) is 12.6. The molecule has 0 bridgehead atoms. The molecular weight excluding hydrogens is 260 g/mol. The van der Waals surface area contributed by atoms with Gasteiger partial charge in [-0.1, -0.05) is 63.3 Å². The van der Waals surface area contributed by atoms with Crippen LogP contribution >= 0.6 is 0 Å². The zero-order valence-corrected chi connectivity index (χ0v) is 12.6. The summed E-state index contributed by atoms with van der Waals surface area (Å²) < 4.78 is 0. The quantitative estimate of drug-likeness (QED) is 0.655. The summed E-state index contributed by atoms with van der Waals surface area (Å²) in [6.07, 6.45) is 4.65. The fraction of sp³-hybridized carbons (Fsp3) is 0.211. The van der Waals surface area contributed by atoms with Crippen molar-refractivity contribution in [3.05, 3.63) is 64.7 Å². The fourth-order valence-corrected chi connectivity index (χ4v) is 2.19. The third-order valence-electron chi connectivity index (χ3n) is 3.36. The van der Waals surface area contributed by atoms with Crippen molar-refractivity contribution in [2.45, 2.75) is 26.2 Å². The minimum Gasteiger partial charge on any atom is -0.507 e. The smallest absolute Gasteiger partial charge is 0.153 e. The van der Waals surface area contributed by atoms with Crippen LogP contribution in [0, 0.1) is 0 Å². The highest BCUT2D eigenvalue weighted by molar-refractivity contribution is 5.83. The van der Waals surface area contributed by atoms with Gasteiger partial charge in [-0.3, -0.25) is 4.79 Å². The van der Waals surface area contributed by atoms with Gasteiger partial charge in [0.25, 0.3) is 0 Å². The number of rotatable bonds is 3. The molecule has 0 atom stereocenters. The van der Waals surface area contributed by atoms with Crippen molar-refractivity contribution in [2.24, 2.45) is 0 Å². The van der Waals surface area contributed by atoms with Crippen LogP contribution in [0.2, 0.25) is 0 Å². The van der Waals surface area contributed by atoms with Crippen LogP contribution in [0.5, 0.6) is 5.75 Å². The van der Waals surface area contributed by atoms with Crippen molar-refractivity contribution in [3.8, 4) is 5.75 Å². The molecule has 21 heavy (non-hydrogen) atoms. The number of phenols is 1. The molecule has 0 unspecified atom stereocenters. The Morgan fingerprint density at radius 1 is 0.952 bits per heavy atom. The van der Waals surface area contributed by atoms with Gasteiger partial charge in [-0.25, -0.2) is 0 Å². The summed E-state index contributed by atoms with van der Waals surface area (Å²) in [4.78, 5) is 11.1. The second-order valence-corrected chi connectivity index (χ2v) is 6.12. The van der Waals surface area contributed by atoms with E-state index in [2.05, 4.69) is 0 Å². The number of carbonyl (C=O) groups is 1. The van der Waals surface area contributed by atoms with Gasteiger partial charge in [0.1, 0.15) is 5.75 Å². The van der Waals surface area contributed by atoms with Gasteiger partial charge < -0.3 is 5.11 Å². The zero-order chi connectivity index (χ0) is 15.5. The van der Waals surface area contributed by atoms with Gasteiger partial charge in [0.15, 0.2) is 6.29 Å². The van der Waals surface area contributed by atoms with Gasteiger partial charge >= 0.3 is 0 Å². The Hall–Kier alpha value is -2.35. The maximum Gasteiger partial charge on any atom is 0.153 e. The highest BCUT2D eigenvalue weighted by atomic mass is 16.3. The van der Waals surface area contributed by atoms with E-state index < -0.39 is 0 Å². The van der Waals surface area contributed by atoms with Crippen molar-refractivity contribution in [1.29, 1.82) is 0 Å². The number of aromatic hydroxyl groups is 1. The number of carbonyl (C=O) groups excluding carboxylic acids is 1. The van der Waals surface area contributed by atoms with E-state index in [1.807, 2.05) is 69.3 Å². The molecular formula is C19H20O2. The van der Waals surface area contributed by atoms with Crippen LogP contribution in [0.4, 0.5) is 0 Å². The largest absolute Gasteiger partial charge is 0.507 e. The predicted molar refractivity (Wildman–Crippen MR) is 87.6 cm³/mol. The Morgan fingerprint density at radius 2 is 1.57 bits per heavy atom. The highest BCUT2D eigenvalue weighted by Crippen LogP contribution is 2.34. The third-order valence-corrected chi connectivity index (χ3v) is 3.36. The second kappa shape index (κ2) is 5.96. The average Bonchev–Trinajstić information content (AvgIpc) is 2.46. The second-order valence-electron chi connectivity index (χ2n) is 6.12. The van der Waals surface area contributed by atoms with E-state index in [0.717, 1.165) is 16.7 Å².